The molecule has 0 unspecified atom stereocenters. The zero-order valence-electron chi connectivity index (χ0n) is 11.5. The summed E-state index contributed by atoms with van der Waals surface area (Å²) in [7, 11) is 0. The second kappa shape index (κ2) is 6.80. The highest BCUT2D eigenvalue weighted by Gasteiger charge is 2.10. The fourth-order valence-corrected chi connectivity index (χ4v) is 1.76. The minimum atomic E-state index is -0.0932. The number of aryl methyl sites for hydroxylation is 1. The van der Waals surface area contributed by atoms with Gasteiger partial charge < -0.3 is 5.32 Å². The van der Waals surface area contributed by atoms with Crippen LogP contribution in [-0.2, 0) is 4.79 Å². The van der Waals surface area contributed by atoms with Gasteiger partial charge >= 0.3 is 0 Å². The lowest BCUT2D eigenvalue weighted by molar-refractivity contribution is -0.111. The fourth-order valence-electron chi connectivity index (χ4n) is 1.76. The third-order valence-corrected chi connectivity index (χ3v) is 2.73. The molecule has 0 aliphatic carbocycles. The highest BCUT2D eigenvalue weighted by Crippen LogP contribution is 2.27. The quantitative estimate of drug-likeness (QED) is 0.623. The van der Waals surface area contributed by atoms with Gasteiger partial charge in [-0.1, -0.05) is 50.3 Å². The van der Waals surface area contributed by atoms with E-state index in [1.54, 1.807) is 6.08 Å². The number of rotatable bonds is 4. The maximum atomic E-state index is 11.8. The van der Waals surface area contributed by atoms with Crippen molar-refractivity contribution in [1.82, 2.24) is 0 Å². The molecule has 0 atom stereocenters. The summed E-state index contributed by atoms with van der Waals surface area (Å²) >= 11 is 0. The standard InChI is InChI=1S/C16H21NO/c1-5-6-7-11-15(18)17-16-13(4)9-8-10-14(16)12(2)3/h5-12H,1-4H3,(H,17,18)/b6-5+,11-7+. The molecule has 0 bridgehead atoms. The molecule has 2 nitrogen and oxygen atoms in total. The fraction of sp³-hybridized carbons (Fsp3) is 0.312. The average molecular weight is 243 g/mol. The Hall–Kier alpha value is -1.83. The Kier molecular flexibility index (Phi) is 5.37. The van der Waals surface area contributed by atoms with Gasteiger partial charge in [-0.3, -0.25) is 4.79 Å². The number of carbonyl (C=O) groups excluding carboxylic acids is 1. The van der Waals surface area contributed by atoms with Crippen LogP contribution in [0.1, 0.15) is 37.8 Å². The summed E-state index contributed by atoms with van der Waals surface area (Å²) in [5.74, 6) is 0.295. The first-order valence-corrected chi connectivity index (χ1v) is 6.26. The molecule has 0 spiro atoms. The van der Waals surface area contributed by atoms with Crippen molar-refractivity contribution in [2.45, 2.75) is 33.6 Å². The predicted octanol–water partition coefficient (Wildman–Crippen LogP) is 4.19. The van der Waals surface area contributed by atoms with Gasteiger partial charge in [0.1, 0.15) is 0 Å². The van der Waals surface area contributed by atoms with Crippen molar-refractivity contribution in [3.05, 3.63) is 53.6 Å². The molecule has 1 N–H and O–H groups in total. The number of anilines is 1. The van der Waals surface area contributed by atoms with Crippen molar-refractivity contribution in [3.8, 4) is 0 Å². The van der Waals surface area contributed by atoms with Crippen molar-refractivity contribution >= 4 is 11.6 Å². The average Bonchev–Trinajstić information content (AvgIpc) is 2.31. The molecule has 96 valence electrons. The van der Waals surface area contributed by atoms with Crippen LogP contribution < -0.4 is 5.32 Å². The molecule has 18 heavy (non-hydrogen) atoms. The normalized spacial score (nSPS) is 11.6. The van der Waals surface area contributed by atoms with E-state index >= 15 is 0 Å². The van der Waals surface area contributed by atoms with Crippen LogP contribution in [0.3, 0.4) is 0 Å². The Morgan fingerprint density at radius 1 is 1.28 bits per heavy atom. The lowest BCUT2D eigenvalue weighted by Crippen LogP contribution is -2.11. The zero-order chi connectivity index (χ0) is 13.5. The van der Waals surface area contributed by atoms with Gasteiger partial charge in [-0.25, -0.2) is 0 Å². The first kappa shape index (κ1) is 14.2. The summed E-state index contributed by atoms with van der Waals surface area (Å²) in [5.41, 5.74) is 3.19. The molecular formula is C16H21NO. The van der Waals surface area contributed by atoms with Crippen LogP contribution in [0, 0.1) is 6.92 Å². The number of hydrogen-bond donors (Lipinski definition) is 1. The minimum Gasteiger partial charge on any atom is -0.322 e. The van der Waals surface area contributed by atoms with Crippen molar-refractivity contribution in [2.75, 3.05) is 5.32 Å². The number of hydrogen-bond acceptors (Lipinski definition) is 1. The van der Waals surface area contributed by atoms with Gasteiger partial charge in [-0.2, -0.15) is 0 Å². The monoisotopic (exact) mass is 243 g/mol. The van der Waals surface area contributed by atoms with E-state index in [4.69, 9.17) is 0 Å². The van der Waals surface area contributed by atoms with E-state index in [-0.39, 0.29) is 5.91 Å². The molecule has 0 saturated carbocycles. The third kappa shape index (κ3) is 3.88. The number of para-hydroxylation sites is 1. The SMILES string of the molecule is C/C=C/C=C/C(=O)Nc1c(C)cccc1C(C)C. The van der Waals surface area contributed by atoms with Crippen LogP contribution in [0.5, 0.6) is 0 Å². The van der Waals surface area contributed by atoms with Gasteiger partial charge in [-0.05, 0) is 30.9 Å². The van der Waals surface area contributed by atoms with E-state index in [1.165, 1.54) is 11.6 Å². The molecule has 2 heteroatoms. The van der Waals surface area contributed by atoms with Crippen LogP contribution >= 0.6 is 0 Å². The van der Waals surface area contributed by atoms with E-state index in [9.17, 15) is 4.79 Å². The lowest BCUT2D eigenvalue weighted by atomic mass is 9.98. The number of benzene rings is 1. The first-order chi connectivity index (χ1) is 8.56. The van der Waals surface area contributed by atoms with Gasteiger partial charge in [0, 0.05) is 11.8 Å². The maximum Gasteiger partial charge on any atom is 0.248 e. The summed E-state index contributed by atoms with van der Waals surface area (Å²) in [6.07, 6.45) is 7.00. The van der Waals surface area contributed by atoms with E-state index in [0.29, 0.717) is 5.92 Å². The van der Waals surface area contributed by atoms with Crippen molar-refractivity contribution < 1.29 is 4.79 Å². The van der Waals surface area contributed by atoms with Gasteiger partial charge in [0.25, 0.3) is 0 Å². The lowest BCUT2D eigenvalue weighted by Gasteiger charge is -2.15. The molecule has 0 fully saturated rings. The van der Waals surface area contributed by atoms with E-state index in [1.807, 2.05) is 38.1 Å². The molecule has 0 aromatic heterocycles. The zero-order valence-corrected chi connectivity index (χ0v) is 11.5. The second-order valence-corrected chi connectivity index (χ2v) is 4.57. The van der Waals surface area contributed by atoms with Gasteiger partial charge in [0.05, 0.1) is 0 Å². The summed E-state index contributed by atoms with van der Waals surface area (Å²) in [6, 6.07) is 6.09. The van der Waals surface area contributed by atoms with E-state index in [0.717, 1.165) is 11.3 Å². The Morgan fingerprint density at radius 3 is 2.61 bits per heavy atom. The van der Waals surface area contributed by atoms with Crippen LogP contribution in [-0.4, -0.2) is 5.91 Å². The molecule has 1 rings (SSSR count). The van der Waals surface area contributed by atoms with Crippen molar-refractivity contribution in [2.24, 2.45) is 0 Å². The second-order valence-electron chi connectivity index (χ2n) is 4.57. The highest BCUT2D eigenvalue weighted by atomic mass is 16.1. The Morgan fingerprint density at radius 2 is 2.00 bits per heavy atom. The number of carbonyl (C=O) groups is 1. The van der Waals surface area contributed by atoms with E-state index < -0.39 is 0 Å². The maximum absolute atomic E-state index is 11.8. The minimum absolute atomic E-state index is 0.0932. The Balaban J connectivity index is 2.93. The molecular weight excluding hydrogens is 222 g/mol. The van der Waals surface area contributed by atoms with Crippen molar-refractivity contribution in [1.29, 1.82) is 0 Å². The van der Waals surface area contributed by atoms with Crippen LogP contribution in [0.2, 0.25) is 0 Å². The highest BCUT2D eigenvalue weighted by molar-refractivity contribution is 6.00. The molecule has 0 saturated heterocycles. The Labute approximate surface area is 109 Å². The van der Waals surface area contributed by atoms with Crippen molar-refractivity contribution in [3.63, 3.8) is 0 Å². The van der Waals surface area contributed by atoms with Crippen LogP contribution in [0.25, 0.3) is 0 Å². The first-order valence-electron chi connectivity index (χ1n) is 6.26. The number of nitrogens with one attached hydrogen (secondary N) is 1. The van der Waals surface area contributed by atoms with Crippen LogP contribution in [0.4, 0.5) is 5.69 Å². The van der Waals surface area contributed by atoms with Gasteiger partial charge in [-0.15, -0.1) is 0 Å². The van der Waals surface area contributed by atoms with E-state index in [2.05, 4.69) is 25.2 Å². The molecule has 1 amide bonds. The summed E-state index contributed by atoms with van der Waals surface area (Å²) in [5, 5.41) is 2.96. The molecule has 0 aliphatic rings. The van der Waals surface area contributed by atoms with Gasteiger partial charge in [0.2, 0.25) is 5.91 Å². The summed E-state index contributed by atoms with van der Waals surface area (Å²) < 4.78 is 0. The van der Waals surface area contributed by atoms with Gasteiger partial charge in [0.15, 0.2) is 0 Å². The molecule has 0 heterocycles. The number of allylic oxidation sites excluding steroid dienone is 3. The summed E-state index contributed by atoms with van der Waals surface area (Å²) in [6.45, 7) is 8.18. The Bertz CT molecular complexity index is 470. The number of amides is 1. The molecule has 1 aromatic carbocycles. The molecule has 1 aromatic rings. The largest absolute Gasteiger partial charge is 0.322 e. The van der Waals surface area contributed by atoms with Crippen LogP contribution in [0.15, 0.2) is 42.5 Å². The molecule has 0 aliphatic heterocycles. The molecule has 0 radical (unpaired) electrons. The predicted molar refractivity (Wildman–Crippen MR) is 77.9 cm³/mol. The smallest absolute Gasteiger partial charge is 0.248 e. The summed E-state index contributed by atoms with van der Waals surface area (Å²) in [4.78, 5) is 11.8. The topological polar surface area (TPSA) is 29.1 Å². The third-order valence-electron chi connectivity index (χ3n) is 2.73.